The van der Waals surface area contributed by atoms with Gasteiger partial charge >= 0.3 is 5.97 Å². The van der Waals surface area contributed by atoms with Gasteiger partial charge in [0.2, 0.25) is 0 Å². The van der Waals surface area contributed by atoms with Gasteiger partial charge in [0, 0.05) is 11.2 Å². The number of aryl methyl sites for hydroxylation is 1. The Bertz CT molecular complexity index is 633. The van der Waals surface area contributed by atoms with E-state index >= 15 is 0 Å². The van der Waals surface area contributed by atoms with Crippen molar-refractivity contribution in [3.8, 4) is 0 Å². The van der Waals surface area contributed by atoms with Crippen LogP contribution in [0.25, 0.3) is 10.1 Å². The Morgan fingerprint density at radius 2 is 2.05 bits per heavy atom. The Kier molecular flexibility index (Phi) is 4.74. The van der Waals surface area contributed by atoms with Crippen molar-refractivity contribution >= 4 is 33.3 Å². The average Bonchev–Trinajstić information content (AvgIpc) is 2.77. The van der Waals surface area contributed by atoms with Crippen LogP contribution >= 0.6 is 11.3 Å². The van der Waals surface area contributed by atoms with Crippen LogP contribution in [0.3, 0.4) is 0 Å². The van der Waals surface area contributed by atoms with E-state index in [0.29, 0.717) is 18.0 Å². The number of thiophene rings is 1. The summed E-state index contributed by atoms with van der Waals surface area (Å²) in [5.41, 5.74) is 0.985. The Morgan fingerprint density at radius 1 is 1.30 bits per heavy atom. The van der Waals surface area contributed by atoms with E-state index in [1.807, 2.05) is 31.2 Å². The van der Waals surface area contributed by atoms with E-state index in [4.69, 9.17) is 4.74 Å². The molecule has 0 radical (unpaired) electrons. The molecule has 0 spiro atoms. The maximum atomic E-state index is 12.1. The number of ether oxygens (including phenoxy) is 1. The van der Waals surface area contributed by atoms with Crippen molar-refractivity contribution in [1.82, 2.24) is 5.32 Å². The third-order valence-electron chi connectivity index (χ3n) is 2.97. The molecule has 0 aliphatic carbocycles. The molecule has 0 aliphatic rings. The molecule has 0 saturated heterocycles. The predicted octanol–water partition coefficient (Wildman–Crippen LogP) is 2.89. The van der Waals surface area contributed by atoms with Crippen LogP contribution in [-0.4, -0.2) is 25.0 Å². The molecule has 1 N–H and O–H groups in total. The summed E-state index contributed by atoms with van der Waals surface area (Å²) >= 11 is 1.47. The minimum atomic E-state index is -0.291. The fourth-order valence-electron chi connectivity index (χ4n) is 1.98. The van der Waals surface area contributed by atoms with Crippen LogP contribution in [-0.2, 0) is 9.53 Å². The summed E-state index contributed by atoms with van der Waals surface area (Å²) < 4.78 is 5.91. The highest BCUT2D eigenvalue weighted by atomic mass is 32.1. The lowest BCUT2D eigenvalue weighted by molar-refractivity contribution is -0.142. The van der Waals surface area contributed by atoms with E-state index in [1.165, 1.54) is 11.3 Å². The fourth-order valence-corrected chi connectivity index (χ4v) is 3.11. The standard InChI is InChI=1S/C15H17NO3S/c1-3-19-13(17)8-9-16-15(18)14-10(2)11-6-4-5-7-12(11)20-14/h4-7H,3,8-9H2,1-2H3,(H,16,18). The van der Waals surface area contributed by atoms with Crippen molar-refractivity contribution in [3.63, 3.8) is 0 Å². The number of carbonyl (C=O) groups excluding carboxylic acids is 2. The van der Waals surface area contributed by atoms with E-state index < -0.39 is 0 Å². The molecule has 0 atom stereocenters. The number of esters is 1. The number of hydrogen-bond acceptors (Lipinski definition) is 4. The molecule has 5 heteroatoms. The first-order chi connectivity index (χ1) is 9.63. The second-order valence-corrected chi connectivity index (χ2v) is 5.42. The molecule has 4 nitrogen and oxygen atoms in total. The number of fused-ring (bicyclic) bond motifs is 1. The van der Waals surface area contributed by atoms with Crippen LogP contribution < -0.4 is 5.32 Å². The van der Waals surface area contributed by atoms with Crippen molar-refractivity contribution in [2.45, 2.75) is 20.3 Å². The topological polar surface area (TPSA) is 55.4 Å². The van der Waals surface area contributed by atoms with E-state index in [-0.39, 0.29) is 18.3 Å². The van der Waals surface area contributed by atoms with Crippen LogP contribution in [0.15, 0.2) is 24.3 Å². The van der Waals surface area contributed by atoms with Crippen molar-refractivity contribution in [3.05, 3.63) is 34.7 Å². The lowest BCUT2D eigenvalue weighted by atomic mass is 10.1. The first kappa shape index (κ1) is 14.5. The van der Waals surface area contributed by atoms with Gasteiger partial charge in [0.05, 0.1) is 17.9 Å². The molecule has 0 saturated carbocycles. The van der Waals surface area contributed by atoms with Gasteiger partial charge in [0.25, 0.3) is 5.91 Å². The molecule has 106 valence electrons. The Labute approximate surface area is 121 Å². The average molecular weight is 291 g/mol. The lowest BCUT2D eigenvalue weighted by Crippen LogP contribution is -2.26. The van der Waals surface area contributed by atoms with E-state index in [9.17, 15) is 9.59 Å². The molecule has 0 aliphatic heterocycles. The smallest absolute Gasteiger partial charge is 0.307 e. The first-order valence-electron chi connectivity index (χ1n) is 6.55. The summed E-state index contributed by atoms with van der Waals surface area (Å²) in [7, 11) is 0. The molecule has 1 amide bonds. The summed E-state index contributed by atoms with van der Waals surface area (Å²) in [5, 5.41) is 3.87. The van der Waals surface area contributed by atoms with Gasteiger partial charge in [-0.05, 0) is 30.9 Å². The number of carbonyl (C=O) groups is 2. The monoisotopic (exact) mass is 291 g/mol. The van der Waals surface area contributed by atoms with Gasteiger partial charge in [0.1, 0.15) is 0 Å². The highest BCUT2D eigenvalue weighted by molar-refractivity contribution is 7.21. The van der Waals surface area contributed by atoms with Gasteiger partial charge in [0.15, 0.2) is 0 Å². The second-order valence-electron chi connectivity index (χ2n) is 4.36. The Balaban J connectivity index is 2.01. The molecular formula is C15H17NO3S. The Hall–Kier alpha value is -1.88. The summed E-state index contributed by atoms with van der Waals surface area (Å²) in [6.07, 6.45) is 0.198. The van der Waals surface area contributed by atoms with Crippen molar-refractivity contribution in [2.75, 3.05) is 13.2 Å². The molecule has 2 rings (SSSR count). The van der Waals surface area contributed by atoms with Gasteiger partial charge in [-0.25, -0.2) is 0 Å². The molecule has 0 bridgehead atoms. The van der Waals surface area contributed by atoms with Gasteiger partial charge in [-0.2, -0.15) is 0 Å². The summed E-state index contributed by atoms with van der Waals surface area (Å²) in [5.74, 6) is -0.422. The van der Waals surface area contributed by atoms with E-state index in [0.717, 1.165) is 15.6 Å². The van der Waals surface area contributed by atoms with Gasteiger partial charge in [-0.3, -0.25) is 9.59 Å². The van der Waals surface area contributed by atoms with E-state index in [2.05, 4.69) is 5.32 Å². The molecule has 1 heterocycles. The summed E-state index contributed by atoms with van der Waals surface area (Å²) in [6, 6.07) is 7.93. The molecule has 0 fully saturated rings. The second kappa shape index (κ2) is 6.52. The first-order valence-corrected chi connectivity index (χ1v) is 7.37. The molecule has 1 aromatic carbocycles. The lowest BCUT2D eigenvalue weighted by Gasteiger charge is -2.04. The van der Waals surface area contributed by atoms with Gasteiger partial charge < -0.3 is 10.1 Å². The third kappa shape index (κ3) is 3.17. The van der Waals surface area contributed by atoms with Crippen LogP contribution in [0.2, 0.25) is 0 Å². The maximum absolute atomic E-state index is 12.1. The highest BCUT2D eigenvalue weighted by Gasteiger charge is 2.15. The largest absolute Gasteiger partial charge is 0.466 e. The minimum absolute atomic E-state index is 0.131. The highest BCUT2D eigenvalue weighted by Crippen LogP contribution is 2.30. The number of nitrogens with one attached hydrogen (secondary N) is 1. The fraction of sp³-hybridized carbons (Fsp3) is 0.333. The SMILES string of the molecule is CCOC(=O)CCNC(=O)c1sc2ccccc2c1C. The Morgan fingerprint density at radius 3 is 2.75 bits per heavy atom. The van der Waals surface area contributed by atoms with Crippen LogP contribution in [0.5, 0.6) is 0 Å². The zero-order valence-corrected chi connectivity index (χ0v) is 12.4. The molecule has 2 aromatic rings. The van der Waals surface area contributed by atoms with Gasteiger partial charge in [-0.1, -0.05) is 18.2 Å². The number of rotatable bonds is 5. The quantitative estimate of drug-likeness (QED) is 0.862. The molecule has 0 unspecified atom stereocenters. The molecule has 20 heavy (non-hydrogen) atoms. The van der Waals surface area contributed by atoms with Crippen molar-refractivity contribution in [2.24, 2.45) is 0 Å². The molecule has 1 aromatic heterocycles. The van der Waals surface area contributed by atoms with Crippen LogP contribution in [0.1, 0.15) is 28.6 Å². The maximum Gasteiger partial charge on any atom is 0.307 e. The van der Waals surface area contributed by atoms with E-state index in [1.54, 1.807) is 6.92 Å². The van der Waals surface area contributed by atoms with Gasteiger partial charge in [-0.15, -0.1) is 11.3 Å². The number of hydrogen-bond donors (Lipinski definition) is 1. The third-order valence-corrected chi connectivity index (χ3v) is 4.24. The number of benzene rings is 1. The predicted molar refractivity (Wildman–Crippen MR) is 80.1 cm³/mol. The van der Waals surface area contributed by atoms with Crippen LogP contribution in [0.4, 0.5) is 0 Å². The summed E-state index contributed by atoms with van der Waals surface area (Å²) in [6.45, 7) is 4.36. The minimum Gasteiger partial charge on any atom is -0.466 e. The zero-order chi connectivity index (χ0) is 14.5. The zero-order valence-electron chi connectivity index (χ0n) is 11.6. The van der Waals surface area contributed by atoms with Crippen molar-refractivity contribution in [1.29, 1.82) is 0 Å². The molecular weight excluding hydrogens is 274 g/mol. The number of amides is 1. The normalized spacial score (nSPS) is 10.5. The van der Waals surface area contributed by atoms with Crippen molar-refractivity contribution < 1.29 is 14.3 Å². The summed E-state index contributed by atoms with van der Waals surface area (Å²) in [4.78, 5) is 24.0. The van der Waals surface area contributed by atoms with Crippen LogP contribution in [0, 0.1) is 6.92 Å².